The smallest absolute Gasteiger partial charge is 0.303 e. The second-order valence-electron chi connectivity index (χ2n) is 14.3. The Balaban J connectivity index is 1.63. The van der Waals surface area contributed by atoms with Gasteiger partial charge in [-0.15, -0.1) is 11.8 Å². The molecule has 0 aromatic heterocycles. The molecule has 0 spiro atoms. The molecule has 0 radical (unpaired) electrons. The van der Waals surface area contributed by atoms with E-state index in [2.05, 4.69) is 114 Å². The number of benzene rings is 4. The molecule has 0 saturated carbocycles. The third kappa shape index (κ3) is 6.94. The first-order chi connectivity index (χ1) is 22.3. The van der Waals surface area contributed by atoms with Crippen LogP contribution in [0.1, 0.15) is 48.5 Å². The van der Waals surface area contributed by atoms with E-state index in [9.17, 15) is 4.79 Å². The second-order valence-corrected chi connectivity index (χ2v) is 24.2. The van der Waals surface area contributed by atoms with E-state index >= 15 is 4.39 Å². The van der Waals surface area contributed by atoms with Crippen molar-refractivity contribution in [2.24, 2.45) is 0 Å². The normalized spacial score (nSPS) is 20.6. The lowest BCUT2D eigenvalue weighted by atomic mass is 10.2. The van der Waals surface area contributed by atoms with Gasteiger partial charge in [0.2, 0.25) is 0 Å². The summed E-state index contributed by atoms with van der Waals surface area (Å²) >= 11 is 1.31. The van der Waals surface area contributed by atoms with Gasteiger partial charge in [-0.2, -0.15) is 0 Å². The van der Waals surface area contributed by atoms with Crippen LogP contribution in [0.5, 0.6) is 0 Å². The number of carbonyl (C=O) groups is 1. The molecule has 4 atom stereocenters. The minimum Gasteiger partial charge on any atom is -0.448 e. The van der Waals surface area contributed by atoms with E-state index < -0.39 is 45.6 Å². The minimum atomic E-state index is -3.14. The molecule has 47 heavy (non-hydrogen) atoms. The Kier molecular flexibility index (Phi) is 10.7. The number of hydrogen-bond acceptors (Lipinski definition) is 5. The average Bonchev–Trinajstić information content (AvgIpc) is 3.33. The van der Waals surface area contributed by atoms with Gasteiger partial charge in [0.15, 0.2) is 11.6 Å². The van der Waals surface area contributed by atoms with E-state index in [1.54, 1.807) is 0 Å². The first-order valence-electron chi connectivity index (χ1n) is 16.3. The van der Waals surface area contributed by atoms with Gasteiger partial charge in [0.05, 0.1) is 11.4 Å². The lowest BCUT2D eigenvalue weighted by molar-refractivity contribution is -0.145. The topological polar surface area (TPSA) is 44.8 Å². The Bertz CT molecular complexity index is 1520. The summed E-state index contributed by atoms with van der Waals surface area (Å²) in [6.45, 7) is 14.8. The molecule has 4 nitrogen and oxygen atoms in total. The molecule has 1 saturated heterocycles. The molecule has 1 unspecified atom stereocenters. The largest absolute Gasteiger partial charge is 0.448 e. The van der Waals surface area contributed by atoms with Crippen LogP contribution in [0.2, 0.25) is 10.1 Å². The number of rotatable bonds is 10. The van der Waals surface area contributed by atoms with Gasteiger partial charge in [0.25, 0.3) is 16.6 Å². The predicted molar refractivity (Wildman–Crippen MR) is 198 cm³/mol. The van der Waals surface area contributed by atoms with E-state index in [1.165, 1.54) is 18.7 Å². The van der Waals surface area contributed by atoms with Crippen molar-refractivity contribution >= 4 is 55.1 Å². The van der Waals surface area contributed by atoms with Crippen molar-refractivity contribution in [3.05, 3.63) is 121 Å². The van der Waals surface area contributed by atoms with Gasteiger partial charge in [0.1, 0.15) is 0 Å². The summed E-state index contributed by atoms with van der Waals surface area (Å²) in [5.74, 6) is -0.511. The molecule has 0 bridgehead atoms. The number of carbonyl (C=O) groups excluding carboxylic acids is 1. The van der Waals surface area contributed by atoms with Gasteiger partial charge >= 0.3 is 5.97 Å². The highest BCUT2D eigenvalue weighted by Gasteiger charge is 2.58. The Morgan fingerprint density at radius 1 is 0.660 bits per heavy atom. The zero-order valence-electron chi connectivity index (χ0n) is 28.5. The lowest BCUT2D eigenvalue weighted by Gasteiger charge is -2.46. The molecule has 0 aliphatic carbocycles. The Morgan fingerprint density at radius 3 is 1.36 bits per heavy atom. The van der Waals surface area contributed by atoms with Gasteiger partial charge < -0.3 is 13.6 Å². The highest BCUT2D eigenvalue weighted by Crippen LogP contribution is 2.46. The number of halogens is 1. The van der Waals surface area contributed by atoms with Crippen molar-refractivity contribution in [3.8, 4) is 0 Å². The number of hydrogen-bond donors (Lipinski definition) is 0. The second kappa shape index (κ2) is 14.2. The van der Waals surface area contributed by atoms with Crippen LogP contribution in [0.4, 0.5) is 4.39 Å². The van der Waals surface area contributed by atoms with Crippen LogP contribution >= 0.6 is 11.8 Å². The number of ether oxygens (including phenoxy) is 1. The van der Waals surface area contributed by atoms with Crippen molar-refractivity contribution < 1.29 is 22.8 Å². The SMILES string of the molecule is CC(=O)OC1S[C@H](CO[Si](c2ccccc2)(c2ccccc2)C(C)(C)C)[C@@H](O[Si](c2ccccc2)(c2ccccc2)C(C)(C)C)[C@@H]1F. The number of alkyl halides is 1. The quantitative estimate of drug-likeness (QED) is 0.135. The molecule has 5 rings (SSSR count). The average molecular weight is 687 g/mol. The fraction of sp³-hybridized carbons (Fsp3) is 0.359. The zero-order chi connectivity index (χ0) is 33.9. The molecule has 1 aliphatic heterocycles. The van der Waals surface area contributed by atoms with E-state index in [-0.39, 0.29) is 16.7 Å². The van der Waals surface area contributed by atoms with Gasteiger partial charge in [-0.25, -0.2) is 4.39 Å². The molecule has 0 amide bonds. The van der Waals surface area contributed by atoms with Gasteiger partial charge in [0, 0.05) is 13.5 Å². The fourth-order valence-corrected chi connectivity index (χ4v) is 17.9. The molecule has 4 aromatic carbocycles. The number of esters is 1. The minimum absolute atomic E-state index is 0.235. The molecular formula is C39H47FO4SSi2. The monoisotopic (exact) mass is 686 g/mol. The van der Waals surface area contributed by atoms with Gasteiger partial charge in [-0.1, -0.05) is 163 Å². The van der Waals surface area contributed by atoms with E-state index in [1.807, 2.05) is 48.5 Å². The summed E-state index contributed by atoms with van der Waals surface area (Å²) in [6, 6.07) is 41.4. The van der Waals surface area contributed by atoms with Crippen LogP contribution in [-0.2, 0) is 18.4 Å². The Hall–Kier alpha value is -3.02. The summed E-state index contributed by atoms with van der Waals surface area (Å²) in [5, 5.41) is 3.40. The summed E-state index contributed by atoms with van der Waals surface area (Å²) in [5.41, 5.74) is -0.997. The van der Waals surface area contributed by atoms with Crippen LogP contribution < -0.4 is 20.7 Å². The molecule has 1 fully saturated rings. The van der Waals surface area contributed by atoms with Crippen molar-refractivity contribution in [2.45, 2.75) is 81.5 Å². The lowest BCUT2D eigenvalue weighted by Crippen LogP contribution is -2.69. The Labute approximate surface area is 286 Å². The highest BCUT2D eigenvalue weighted by atomic mass is 32.2. The molecule has 1 heterocycles. The fourth-order valence-electron chi connectivity index (χ4n) is 7.08. The van der Waals surface area contributed by atoms with Crippen LogP contribution in [0.3, 0.4) is 0 Å². The summed E-state index contributed by atoms with van der Waals surface area (Å²) < 4.78 is 37.2. The predicted octanol–water partition coefficient (Wildman–Crippen LogP) is 6.85. The third-order valence-corrected chi connectivity index (χ3v) is 20.6. The van der Waals surface area contributed by atoms with Crippen molar-refractivity contribution in [1.29, 1.82) is 0 Å². The van der Waals surface area contributed by atoms with Crippen molar-refractivity contribution in [1.82, 2.24) is 0 Å². The van der Waals surface area contributed by atoms with Crippen molar-refractivity contribution in [3.63, 3.8) is 0 Å². The van der Waals surface area contributed by atoms with Crippen molar-refractivity contribution in [2.75, 3.05) is 6.61 Å². The molecule has 4 aromatic rings. The highest BCUT2D eigenvalue weighted by molar-refractivity contribution is 8.00. The first-order valence-corrected chi connectivity index (χ1v) is 21.1. The van der Waals surface area contributed by atoms with Crippen LogP contribution in [0.15, 0.2) is 121 Å². The van der Waals surface area contributed by atoms with Crippen LogP contribution in [0, 0.1) is 0 Å². The van der Waals surface area contributed by atoms with E-state index in [4.69, 9.17) is 13.6 Å². The molecular weight excluding hydrogens is 640 g/mol. The van der Waals surface area contributed by atoms with Crippen LogP contribution in [0.25, 0.3) is 0 Å². The van der Waals surface area contributed by atoms with Gasteiger partial charge in [-0.05, 0) is 30.8 Å². The third-order valence-electron chi connectivity index (χ3n) is 9.14. The first kappa shape index (κ1) is 35.3. The maximum Gasteiger partial charge on any atom is 0.303 e. The summed E-state index contributed by atoms with van der Waals surface area (Å²) in [7, 11) is -6.08. The number of thioether (sulfide) groups is 1. The van der Waals surface area contributed by atoms with Crippen LogP contribution in [-0.4, -0.2) is 52.2 Å². The maximum atomic E-state index is 16.9. The van der Waals surface area contributed by atoms with E-state index in [0.717, 1.165) is 20.7 Å². The summed E-state index contributed by atoms with van der Waals surface area (Å²) in [4.78, 5) is 12.2. The molecule has 0 N–H and O–H groups in total. The summed E-state index contributed by atoms with van der Waals surface area (Å²) in [6.07, 6.45) is -2.42. The molecule has 248 valence electrons. The standard InChI is InChI=1S/C39H47FO4SSi2/c1-29(41)43-37-35(40)36(44-47(39(5,6)7,32-24-16-10-17-25-32)33-26-18-11-19-27-33)34(45-37)28-42-46(38(2,3)4,30-20-12-8-13-21-30)31-22-14-9-15-23-31/h8-27,34-37H,28H2,1-7H3/t34-,35+,36-,37?/m1/s1. The molecule has 1 aliphatic rings. The van der Waals surface area contributed by atoms with Gasteiger partial charge in [-0.3, -0.25) is 4.79 Å². The van der Waals surface area contributed by atoms with E-state index in [0.29, 0.717) is 0 Å². The Morgan fingerprint density at radius 2 is 1.02 bits per heavy atom. The maximum absolute atomic E-state index is 16.9. The molecule has 8 heteroatoms. The zero-order valence-corrected chi connectivity index (χ0v) is 31.3.